The van der Waals surface area contributed by atoms with Crippen LogP contribution in [0, 0.1) is 11.3 Å². The van der Waals surface area contributed by atoms with Crippen molar-refractivity contribution < 1.29 is 9.84 Å². The standard InChI is InChI=1S/C15H30O2/c1-14(2)10-7-6-8-12(14)13(16)9-11-15(3,4)17-5/h12-13,16H,6-11H2,1-5H3. The first kappa shape index (κ1) is 15.0. The van der Waals surface area contributed by atoms with E-state index in [0.29, 0.717) is 11.3 Å². The van der Waals surface area contributed by atoms with Crippen molar-refractivity contribution in [3.05, 3.63) is 0 Å². The summed E-state index contributed by atoms with van der Waals surface area (Å²) in [4.78, 5) is 0. The number of hydrogen-bond acceptors (Lipinski definition) is 2. The monoisotopic (exact) mass is 242 g/mol. The highest BCUT2D eigenvalue weighted by Gasteiger charge is 2.37. The molecule has 0 radical (unpaired) electrons. The first-order valence-electron chi connectivity index (χ1n) is 7.02. The second-order valence-corrected chi connectivity index (χ2v) is 6.91. The quantitative estimate of drug-likeness (QED) is 0.795. The minimum Gasteiger partial charge on any atom is -0.393 e. The third kappa shape index (κ3) is 4.26. The molecule has 1 N–H and O–H groups in total. The molecule has 102 valence electrons. The van der Waals surface area contributed by atoms with E-state index >= 15 is 0 Å². The molecule has 2 atom stereocenters. The minimum absolute atomic E-state index is 0.111. The Balaban J connectivity index is 2.49. The van der Waals surface area contributed by atoms with E-state index in [1.807, 2.05) is 0 Å². The lowest BCUT2D eigenvalue weighted by molar-refractivity contribution is -0.0305. The van der Waals surface area contributed by atoms with Gasteiger partial charge in [-0.15, -0.1) is 0 Å². The van der Waals surface area contributed by atoms with E-state index in [2.05, 4.69) is 27.7 Å². The van der Waals surface area contributed by atoms with Crippen LogP contribution in [0.5, 0.6) is 0 Å². The number of aliphatic hydroxyl groups is 1. The second kappa shape index (κ2) is 5.71. The number of hydrogen-bond donors (Lipinski definition) is 1. The fourth-order valence-corrected chi connectivity index (χ4v) is 3.03. The van der Waals surface area contributed by atoms with Gasteiger partial charge in [-0.1, -0.05) is 26.7 Å². The van der Waals surface area contributed by atoms with Gasteiger partial charge in [-0.05, 0) is 50.9 Å². The molecule has 17 heavy (non-hydrogen) atoms. The van der Waals surface area contributed by atoms with Gasteiger partial charge in [0.15, 0.2) is 0 Å². The molecule has 0 saturated heterocycles. The molecule has 0 aromatic carbocycles. The van der Waals surface area contributed by atoms with Crippen LogP contribution >= 0.6 is 0 Å². The molecule has 0 aromatic rings. The topological polar surface area (TPSA) is 29.5 Å². The predicted octanol–water partition coefficient (Wildman–Crippen LogP) is 3.77. The van der Waals surface area contributed by atoms with Crippen LogP contribution < -0.4 is 0 Å². The Labute approximate surface area is 107 Å². The van der Waals surface area contributed by atoms with Gasteiger partial charge in [-0.3, -0.25) is 0 Å². The first-order valence-corrected chi connectivity index (χ1v) is 7.02. The molecule has 1 fully saturated rings. The van der Waals surface area contributed by atoms with Gasteiger partial charge in [0, 0.05) is 7.11 Å². The molecule has 0 amide bonds. The van der Waals surface area contributed by atoms with Gasteiger partial charge in [0.25, 0.3) is 0 Å². The average molecular weight is 242 g/mol. The highest BCUT2D eigenvalue weighted by atomic mass is 16.5. The van der Waals surface area contributed by atoms with E-state index in [-0.39, 0.29) is 11.7 Å². The zero-order valence-corrected chi connectivity index (χ0v) is 12.3. The van der Waals surface area contributed by atoms with Gasteiger partial charge < -0.3 is 9.84 Å². The van der Waals surface area contributed by atoms with Gasteiger partial charge in [-0.25, -0.2) is 0 Å². The molecular formula is C15H30O2. The van der Waals surface area contributed by atoms with Crippen LogP contribution in [0.2, 0.25) is 0 Å². The molecule has 2 nitrogen and oxygen atoms in total. The molecule has 1 aliphatic rings. The van der Waals surface area contributed by atoms with Crippen molar-refractivity contribution >= 4 is 0 Å². The van der Waals surface area contributed by atoms with Crippen molar-refractivity contribution in [3.8, 4) is 0 Å². The predicted molar refractivity (Wildman–Crippen MR) is 72.1 cm³/mol. The first-order chi connectivity index (χ1) is 7.78. The summed E-state index contributed by atoms with van der Waals surface area (Å²) in [7, 11) is 1.75. The van der Waals surface area contributed by atoms with Crippen LogP contribution in [-0.2, 0) is 4.74 Å². The Morgan fingerprint density at radius 3 is 2.53 bits per heavy atom. The molecule has 2 heteroatoms. The minimum atomic E-state index is -0.167. The van der Waals surface area contributed by atoms with Crippen molar-refractivity contribution in [2.75, 3.05) is 7.11 Å². The lowest BCUT2D eigenvalue weighted by atomic mass is 9.66. The maximum absolute atomic E-state index is 10.4. The van der Waals surface area contributed by atoms with E-state index in [1.54, 1.807) is 7.11 Å². The summed E-state index contributed by atoms with van der Waals surface area (Å²) in [5.41, 5.74) is 0.189. The maximum atomic E-state index is 10.4. The number of aliphatic hydroxyl groups excluding tert-OH is 1. The van der Waals surface area contributed by atoms with Crippen molar-refractivity contribution in [3.63, 3.8) is 0 Å². The summed E-state index contributed by atoms with van der Waals surface area (Å²) < 4.78 is 5.42. The fraction of sp³-hybridized carbons (Fsp3) is 1.00. The summed E-state index contributed by atoms with van der Waals surface area (Å²) in [6.45, 7) is 8.79. The van der Waals surface area contributed by atoms with Crippen molar-refractivity contribution in [2.45, 2.75) is 77.9 Å². The van der Waals surface area contributed by atoms with Crippen LogP contribution in [0.3, 0.4) is 0 Å². The van der Waals surface area contributed by atoms with Crippen LogP contribution in [0.4, 0.5) is 0 Å². The Morgan fingerprint density at radius 1 is 1.35 bits per heavy atom. The average Bonchev–Trinajstić information content (AvgIpc) is 2.25. The van der Waals surface area contributed by atoms with Crippen LogP contribution in [-0.4, -0.2) is 23.9 Å². The van der Waals surface area contributed by atoms with Gasteiger partial charge in [0.2, 0.25) is 0 Å². The van der Waals surface area contributed by atoms with E-state index < -0.39 is 0 Å². The number of rotatable bonds is 5. The van der Waals surface area contributed by atoms with Crippen LogP contribution in [0.25, 0.3) is 0 Å². The highest BCUT2D eigenvalue weighted by molar-refractivity contribution is 4.87. The van der Waals surface area contributed by atoms with Gasteiger partial charge in [0.1, 0.15) is 0 Å². The Hall–Kier alpha value is -0.0800. The second-order valence-electron chi connectivity index (χ2n) is 6.91. The normalized spacial score (nSPS) is 26.8. The van der Waals surface area contributed by atoms with Gasteiger partial charge in [-0.2, -0.15) is 0 Å². The molecule has 2 unspecified atom stereocenters. The lowest BCUT2D eigenvalue weighted by Crippen LogP contribution is -2.38. The van der Waals surface area contributed by atoms with Gasteiger partial charge in [0.05, 0.1) is 11.7 Å². The van der Waals surface area contributed by atoms with Crippen molar-refractivity contribution in [1.29, 1.82) is 0 Å². The molecule has 0 heterocycles. The molecular weight excluding hydrogens is 212 g/mol. The van der Waals surface area contributed by atoms with Crippen molar-refractivity contribution in [1.82, 2.24) is 0 Å². The fourth-order valence-electron chi connectivity index (χ4n) is 3.03. The van der Waals surface area contributed by atoms with Crippen LogP contribution in [0.15, 0.2) is 0 Å². The van der Waals surface area contributed by atoms with E-state index in [0.717, 1.165) is 12.8 Å². The van der Waals surface area contributed by atoms with E-state index in [4.69, 9.17) is 4.74 Å². The Bertz CT molecular complexity index is 233. The number of ether oxygens (including phenoxy) is 1. The maximum Gasteiger partial charge on any atom is 0.0623 e. The van der Waals surface area contributed by atoms with Gasteiger partial charge >= 0.3 is 0 Å². The lowest BCUT2D eigenvalue weighted by Gasteiger charge is -2.42. The summed E-state index contributed by atoms with van der Waals surface area (Å²) >= 11 is 0. The van der Waals surface area contributed by atoms with E-state index in [1.165, 1.54) is 25.7 Å². The van der Waals surface area contributed by atoms with Crippen LogP contribution in [0.1, 0.15) is 66.2 Å². The Kier molecular flexibility index (Phi) is 5.03. The molecule has 0 aromatic heterocycles. The summed E-state index contributed by atoms with van der Waals surface area (Å²) in [6.07, 6.45) is 6.65. The summed E-state index contributed by atoms with van der Waals surface area (Å²) in [5, 5.41) is 10.4. The molecule has 1 rings (SSSR count). The molecule has 0 spiro atoms. The Morgan fingerprint density at radius 2 is 2.00 bits per heavy atom. The zero-order chi connectivity index (χ0) is 13.1. The zero-order valence-electron chi connectivity index (χ0n) is 12.3. The molecule has 0 bridgehead atoms. The number of methoxy groups -OCH3 is 1. The van der Waals surface area contributed by atoms with E-state index in [9.17, 15) is 5.11 Å². The molecule has 0 aliphatic heterocycles. The summed E-state index contributed by atoms with van der Waals surface area (Å²) in [5.74, 6) is 0.462. The largest absolute Gasteiger partial charge is 0.393 e. The smallest absolute Gasteiger partial charge is 0.0623 e. The SMILES string of the molecule is COC(C)(C)CCC(O)C1CCCCC1(C)C. The third-order valence-electron chi connectivity index (χ3n) is 4.65. The van der Waals surface area contributed by atoms with Crippen molar-refractivity contribution in [2.24, 2.45) is 11.3 Å². The summed E-state index contributed by atoms with van der Waals surface area (Å²) in [6, 6.07) is 0. The molecule has 1 aliphatic carbocycles. The molecule has 1 saturated carbocycles. The highest BCUT2D eigenvalue weighted by Crippen LogP contribution is 2.43. The third-order valence-corrected chi connectivity index (χ3v) is 4.65.